The van der Waals surface area contributed by atoms with Crippen molar-refractivity contribution in [3.05, 3.63) is 57.6 Å². The number of rotatable bonds is 1. The maximum absolute atomic E-state index is 11.8. The molecule has 4 nitrogen and oxygen atoms in total. The molecule has 0 spiro atoms. The van der Waals surface area contributed by atoms with E-state index in [9.17, 15) is 4.79 Å². The third kappa shape index (κ3) is 1.95. The van der Waals surface area contributed by atoms with Crippen molar-refractivity contribution in [1.29, 1.82) is 0 Å². The molecule has 0 saturated carbocycles. The molecule has 0 fully saturated rings. The molecule has 0 bridgehead atoms. The molecule has 0 atom stereocenters. The fraction of sp³-hybridized carbons (Fsp3) is 0.200. The maximum atomic E-state index is 11.8. The van der Waals surface area contributed by atoms with Crippen molar-refractivity contribution >= 4 is 10.9 Å². The van der Waals surface area contributed by atoms with E-state index in [0.717, 1.165) is 33.5 Å². The SMILES string of the molecule is Cc1ccc2c(-n3nc(C)cc3C)cc(=O)[nH]c2c1. The summed E-state index contributed by atoms with van der Waals surface area (Å²) in [7, 11) is 0. The number of benzene rings is 1. The van der Waals surface area contributed by atoms with E-state index in [2.05, 4.69) is 10.1 Å². The van der Waals surface area contributed by atoms with E-state index < -0.39 is 0 Å². The Balaban J connectivity index is 2.40. The third-order valence-electron chi connectivity index (χ3n) is 3.21. The number of pyridine rings is 1. The monoisotopic (exact) mass is 253 g/mol. The number of hydrogen-bond acceptors (Lipinski definition) is 2. The Kier molecular flexibility index (Phi) is 2.52. The van der Waals surface area contributed by atoms with Crippen molar-refractivity contribution in [3.8, 4) is 5.69 Å². The van der Waals surface area contributed by atoms with E-state index >= 15 is 0 Å². The summed E-state index contributed by atoms with van der Waals surface area (Å²) in [5.74, 6) is 0. The average molecular weight is 253 g/mol. The topological polar surface area (TPSA) is 50.7 Å². The summed E-state index contributed by atoms with van der Waals surface area (Å²) in [4.78, 5) is 14.7. The minimum Gasteiger partial charge on any atom is -0.322 e. The van der Waals surface area contributed by atoms with Gasteiger partial charge in [0.15, 0.2) is 0 Å². The smallest absolute Gasteiger partial charge is 0.250 e. The van der Waals surface area contributed by atoms with Gasteiger partial charge in [0.2, 0.25) is 0 Å². The molecule has 2 heterocycles. The van der Waals surface area contributed by atoms with Gasteiger partial charge in [-0.2, -0.15) is 5.10 Å². The Morgan fingerprint density at radius 3 is 2.58 bits per heavy atom. The van der Waals surface area contributed by atoms with Gasteiger partial charge < -0.3 is 4.98 Å². The van der Waals surface area contributed by atoms with Crippen LogP contribution >= 0.6 is 0 Å². The molecular formula is C15H15N3O. The molecular weight excluding hydrogens is 238 g/mol. The summed E-state index contributed by atoms with van der Waals surface area (Å²) in [6, 6.07) is 9.63. The number of aromatic amines is 1. The molecule has 1 aromatic carbocycles. The fourth-order valence-corrected chi connectivity index (χ4v) is 2.40. The standard InChI is InChI=1S/C15H15N3O/c1-9-4-5-12-13(6-9)16-15(19)8-14(12)18-11(3)7-10(2)17-18/h4-8H,1-3H3,(H,16,19). The van der Waals surface area contributed by atoms with Crippen molar-refractivity contribution < 1.29 is 0 Å². The Hall–Kier alpha value is -2.36. The van der Waals surface area contributed by atoms with Crippen LogP contribution in [0.25, 0.3) is 16.6 Å². The van der Waals surface area contributed by atoms with Crippen LogP contribution in [0.5, 0.6) is 0 Å². The van der Waals surface area contributed by atoms with E-state index in [-0.39, 0.29) is 5.56 Å². The molecule has 3 rings (SSSR count). The molecule has 0 aliphatic heterocycles. The predicted octanol–water partition coefficient (Wildman–Crippen LogP) is 2.64. The van der Waals surface area contributed by atoms with Crippen LogP contribution in [0.4, 0.5) is 0 Å². The third-order valence-corrected chi connectivity index (χ3v) is 3.21. The van der Waals surface area contributed by atoms with Crippen molar-refractivity contribution in [3.63, 3.8) is 0 Å². The molecule has 0 radical (unpaired) electrons. The Bertz CT molecular complexity index is 827. The molecule has 0 amide bonds. The van der Waals surface area contributed by atoms with Gasteiger partial charge in [-0.25, -0.2) is 4.68 Å². The second-order valence-electron chi connectivity index (χ2n) is 4.91. The van der Waals surface area contributed by atoms with Gasteiger partial charge in [-0.15, -0.1) is 0 Å². The number of nitrogens with one attached hydrogen (secondary N) is 1. The van der Waals surface area contributed by atoms with Crippen LogP contribution in [0.15, 0.2) is 35.1 Å². The van der Waals surface area contributed by atoms with Gasteiger partial charge in [0.05, 0.1) is 16.9 Å². The van der Waals surface area contributed by atoms with Crippen LogP contribution in [0, 0.1) is 20.8 Å². The minimum atomic E-state index is -0.111. The van der Waals surface area contributed by atoms with E-state index in [0.29, 0.717) is 0 Å². The number of hydrogen-bond donors (Lipinski definition) is 1. The molecule has 0 aliphatic carbocycles. The van der Waals surface area contributed by atoms with Crippen LogP contribution in [0.1, 0.15) is 17.0 Å². The number of aryl methyl sites for hydroxylation is 3. The van der Waals surface area contributed by atoms with E-state index in [1.807, 2.05) is 49.7 Å². The molecule has 4 heteroatoms. The van der Waals surface area contributed by atoms with Gasteiger partial charge >= 0.3 is 0 Å². The summed E-state index contributed by atoms with van der Waals surface area (Å²) in [5.41, 5.74) is 4.64. The van der Waals surface area contributed by atoms with Crippen molar-refractivity contribution in [1.82, 2.24) is 14.8 Å². The van der Waals surface area contributed by atoms with Gasteiger partial charge in [0.25, 0.3) is 5.56 Å². The summed E-state index contributed by atoms with van der Waals surface area (Å²) in [6.07, 6.45) is 0. The zero-order valence-electron chi connectivity index (χ0n) is 11.2. The summed E-state index contributed by atoms with van der Waals surface area (Å²) in [6.45, 7) is 5.94. The Morgan fingerprint density at radius 2 is 1.89 bits per heavy atom. The van der Waals surface area contributed by atoms with Gasteiger partial charge in [-0.05, 0) is 38.5 Å². The first-order chi connectivity index (χ1) is 9.04. The number of fused-ring (bicyclic) bond motifs is 1. The fourth-order valence-electron chi connectivity index (χ4n) is 2.40. The quantitative estimate of drug-likeness (QED) is 0.724. The zero-order chi connectivity index (χ0) is 13.6. The highest BCUT2D eigenvalue weighted by Gasteiger charge is 2.09. The first-order valence-corrected chi connectivity index (χ1v) is 6.22. The second-order valence-corrected chi connectivity index (χ2v) is 4.91. The molecule has 2 aromatic heterocycles. The van der Waals surface area contributed by atoms with Gasteiger partial charge in [-0.3, -0.25) is 4.79 Å². The van der Waals surface area contributed by atoms with Crippen molar-refractivity contribution in [2.75, 3.05) is 0 Å². The van der Waals surface area contributed by atoms with Gasteiger partial charge in [-0.1, -0.05) is 12.1 Å². The molecule has 3 aromatic rings. The summed E-state index contributed by atoms with van der Waals surface area (Å²) < 4.78 is 1.82. The number of aromatic nitrogens is 3. The molecule has 96 valence electrons. The number of nitrogens with zero attached hydrogens (tertiary/aromatic N) is 2. The minimum absolute atomic E-state index is 0.111. The average Bonchev–Trinajstić information content (AvgIpc) is 2.66. The number of H-pyrrole nitrogens is 1. The highest BCUT2D eigenvalue weighted by molar-refractivity contribution is 5.87. The summed E-state index contributed by atoms with van der Waals surface area (Å²) in [5, 5.41) is 5.45. The van der Waals surface area contributed by atoms with E-state index in [1.54, 1.807) is 6.07 Å². The van der Waals surface area contributed by atoms with Crippen LogP contribution in [-0.4, -0.2) is 14.8 Å². The van der Waals surface area contributed by atoms with Crippen LogP contribution in [0.2, 0.25) is 0 Å². The Labute approximate surface area is 110 Å². The van der Waals surface area contributed by atoms with Crippen molar-refractivity contribution in [2.45, 2.75) is 20.8 Å². The lowest BCUT2D eigenvalue weighted by Gasteiger charge is -2.08. The molecule has 0 unspecified atom stereocenters. The first-order valence-electron chi connectivity index (χ1n) is 6.22. The highest BCUT2D eigenvalue weighted by atomic mass is 16.1. The molecule has 0 saturated heterocycles. The van der Waals surface area contributed by atoms with Gasteiger partial charge in [0.1, 0.15) is 0 Å². The lowest BCUT2D eigenvalue weighted by atomic mass is 10.1. The highest BCUT2D eigenvalue weighted by Crippen LogP contribution is 2.21. The predicted molar refractivity (Wildman–Crippen MR) is 75.9 cm³/mol. The summed E-state index contributed by atoms with van der Waals surface area (Å²) >= 11 is 0. The van der Waals surface area contributed by atoms with E-state index in [4.69, 9.17) is 0 Å². The van der Waals surface area contributed by atoms with E-state index in [1.165, 1.54) is 0 Å². The maximum Gasteiger partial charge on any atom is 0.250 e. The largest absolute Gasteiger partial charge is 0.322 e. The Morgan fingerprint density at radius 1 is 1.11 bits per heavy atom. The van der Waals surface area contributed by atoms with Gasteiger partial charge in [0, 0.05) is 17.1 Å². The zero-order valence-corrected chi connectivity index (χ0v) is 11.2. The lowest BCUT2D eigenvalue weighted by molar-refractivity contribution is 0.837. The lowest BCUT2D eigenvalue weighted by Crippen LogP contribution is -2.10. The van der Waals surface area contributed by atoms with Crippen molar-refractivity contribution in [2.24, 2.45) is 0 Å². The first kappa shape index (κ1) is 11.7. The normalized spacial score (nSPS) is 11.1. The van der Waals surface area contributed by atoms with Crippen LogP contribution in [0.3, 0.4) is 0 Å². The van der Waals surface area contributed by atoms with Crippen LogP contribution in [-0.2, 0) is 0 Å². The second kappa shape index (κ2) is 4.09. The molecule has 0 aliphatic rings. The molecule has 19 heavy (non-hydrogen) atoms. The molecule has 1 N–H and O–H groups in total. The van der Waals surface area contributed by atoms with Crippen LogP contribution < -0.4 is 5.56 Å².